The van der Waals surface area contributed by atoms with Gasteiger partial charge in [-0.3, -0.25) is 4.79 Å². The minimum atomic E-state index is -0.837. The molecule has 1 saturated carbocycles. The molecule has 0 radical (unpaired) electrons. The van der Waals surface area contributed by atoms with Gasteiger partial charge in [0, 0.05) is 12.5 Å². The first-order valence-electron chi connectivity index (χ1n) is 9.95. The molecule has 2 N–H and O–H groups in total. The van der Waals surface area contributed by atoms with Gasteiger partial charge >= 0.3 is 5.97 Å². The van der Waals surface area contributed by atoms with Crippen molar-refractivity contribution in [1.82, 2.24) is 0 Å². The molecule has 0 aromatic rings. The highest BCUT2D eigenvalue weighted by Gasteiger charge is 2.35. The van der Waals surface area contributed by atoms with E-state index in [1.165, 1.54) is 12.8 Å². The number of allylic oxidation sites excluding steroid dienone is 1. The lowest BCUT2D eigenvalue weighted by Crippen LogP contribution is -2.27. The summed E-state index contributed by atoms with van der Waals surface area (Å²) < 4.78 is 11.9. The van der Waals surface area contributed by atoms with E-state index in [-0.39, 0.29) is 30.7 Å². The Bertz CT molecular complexity index is 416. The van der Waals surface area contributed by atoms with Crippen LogP contribution in [0.2, 0.25) is 0 Å². The maximum atomic E-state index is 11.0. The molecule has 25 heavy (non-hydrogen) atoms. The van der Waals surface area contributed by atoms with Crippen LogP contribution in [-0.2, 0) is 14.3 Å². The molecule has 1 aliphatic heterocycles. The Labute approximate surface area is 151 Å². The van der Waals surface area contributed by atoms with E-state index in [2.05, 4.69) is 19.1 Å². The van der Waals surface area contributed by atoms with Crippen LogP contribution in [-0.4, -0.2) is 41.3 Å². The molecule has 0 amide bonds. The number of carboxylic acid groups (broad SMARTS) is 1. The van der Waals surface area contributed by atoms with Crippen molar-refractivity contribution < 1.29 is 24.5 Å². The van der Waals surface area contributed by atoms with Gasteiger partial charge in [0.25, 0.3) is 0 Å². The van der Waals surface area contributed by atoms with Crippen LogP contribution in [0.1, 0.15) is 71.1 Å². The maximum absolute atomic E-state index is 11.0. The average molecular weight is 354 g/mol. The monoisotopic (exact) mass is 354 g/mol. The number of aliphatic hydroxyl groups excluding tert-OH is 1. The summed E-state index contributed by atoms with van der Waals surface area (Å²) in [4.78, 5) is 11.0. The molecule has 1 heterocycles. The summed E-state index contributed by atoms with van der Waals surface area (Å²) in [6.07, 6.45) is 12.7. The number of carbonyl (C=O) groups is 1. The second kappa shape index (κ2) is 10.9. The summed E-state index contributed by atoms with van der Waals surface area (Å²) in [6.45, 7) is 2.96. The molecular formula is C20H34O5. The molecule has 5 nitrogen and oxygen atoms in total. The van der Waals surface area contributed by atoms with E-state index in [1.807, 2.05) is 0 Å². The summed E-state index contributed by atoms with van der Waals surface area (Å²) in [5.41, 5.74) is 0. The fraction of sp³-hybridized carbons (Fsp3) is 0.850. The normalized spacial score (nSPS) is 31.4. The van der Waals surface area contributed by atoms with Gasteiger partial charge in [0.05, 0.1) is 18.6 Å². The largest absolute Gasteiger partial charge is 0.481 e. The van der Waals surface area contributed by atoms with Crippen molar-refractivity contribution >= 4 is 5.97 Å². The molecule has 0 aromatic heterocycles. The van der Waals surface area contributed by atoms with Crippen molar-refractivity contribution in [3.05, 3.63) is 12.2 Å². The number of carboxylic acids is 1. The van der Waals surface area contributed by atoms with Gasteiger partial charge in [-0.1, -0.05) is 38.3 Å². The third kappa shape index (κ3) is 7.08. The minimum Gasteiger partial charge on any atom is -0.481 e. The van der Waals surface area contributed by atoms with Crippen LogP contribution in [0.4, 0.5) is 0 Å². The van der Waals surface area contributed by atoms with Gasteiger partial charge in [-0.2, -0.15) is 0 Å². The third-order valence-corrected chi connectivity index (χ3v) is 5.38. The Hall–Kier alpha value is -0.910. The molecule has 5 unspecified atom stereocenters. The zero-order valence-electron chi connectivity index (χ0n) is 15.4. The number of unbranched alkanes of at least 4 members (excludes halogenated alkanes) is 2. The van der Waals surface area contributed by atoms with Crippen molar-refractivity contribution in [1.29, 1.82) is 0 Å². The van der Waals surface area contributed by atoms with Crippen molar-refractivity contribution in [2.75, 3.05) is 6.61 Å². The van der Waals surface area contributed by atoms with Crippen molar-refractivity contribution in [3.8, 4) is 0 Å². The predicted molar refractivity (Wildman–Crippen MR) is 96.2 cm³/mol. The standard InChI is InChI=1S/C20H34O5/c1-2-3-4-7-16(25-20-8-5-6-13-24-20)11-9-15-10-12-18(21)17(15)14-19(22)23/h9,11,15-18,20-21H,2-8,10,12-14H2,1H3,(H,22,23)/b11-9+. The smallest absolute Gasteiger partial charge is 0.303 e. The molecule has 5 atom stereocenters. The molecule has 5 heteroatoms. The summed E-state index contributed by atoms with van der Waals surface area (Å²) in [6, 6.07) is 0. The molecule has 2 aliphatic rings. The highest BCUT2D eigenvalue weighted by atomic mass is 16.7. The summed E-state index contributed by atoms with van der Waals surface area (Å²) in [7, 11) is 0. The number of rotatable bonds is 10. The molecule has 0 bridgehead atoms. The predicted octanol–water partition coefficient (Wildman–Crippen LogP) is 3.90. The van der Waals surface area contributed by atoms with Crippen LogP contribution in [0.25, 0.3) is 0 Å². The van der Waals surface area contributed by atoms with E-state index >= 15 is 0 Å². The minimum absolute atomic E-state index is 0.0119. The summed E-state index contributed by atoms with van der Waals surface area (Å²) in [5, 5.41) is 19.1. The number of aliphatic carboxylic acids is 1. The summed E-state index contributed by atoms with van der Waals surface area (Å²) >= 11 is 0. The van der Waals surface area contributed by atoms with Gasteiger partial charge in [-0.25, -0.2) is 0 Å². The van der Waals surface area contributed by atoms with Crippen LogP contribution in [0.3, 0.4) is 0 Å². The van der Waals surface area contributed by atoms with E-state index in [0.29, 0.717) is 6.42 Å². The number of hydrogen-bond donors (Lipinski definition) is 2. The molecule has 2 fully saturated rings. The van der Waals surface area contributed by atoms with E-state index in [4.69, 9.17) is 14.6 Å². The van der Waals surface area contributed by atoms with E-state index in [0.717, 1.165) is 45.1 Å². The number of aliphatic hydroxyl groups is 1. The zero-order valence-corrected chi connectivity index (χ0v) is 15.4. The van der Waals surface area contributed by atoms with E-state index in [1.54, 1.807) is 0 Å². The molecular weight excluding hydrogens is 320 g/mol. The van der Waals surface area contributed by atoms with Gasteiger partial charge in [-0.05, 0) is 44.4 Å². The van der Waals surface area contributed by atoms with Crippen molar-refractivity contribution in [3.63, 3.8) is 0 Å². The van der Waals surface area contributed by atoms with Gasteiger partial charge in [0.1, 0.15) is 0 Å². The van der Waals surface area contributed by atoms with Crippen LogP contribution in [0, 0.1) is 11.8 Å². The quantitative estimate of drug-likeness (QED) is 0.460. The topological polar surface area (TPSA) is 76.0 Å². The summed E-state index contributed by atoms with van der Waals surface area (Å²) in [5.74, 6) is -0.901. The Morgan fingerprint density at radius 2 is 2.12 bits per heavy atom. The molecule has 1 saturated heterocycles. The van der Waals surface area contributed by atoms with Gasteiger partial charge in [0.15, 0.2) is 6.29 Å². The highest BCUT2D eigenvalue weighted by molar-refractivity contribution is 5.67. The Morgan fingerprint density at radius 3 is 2.80 bits per heavy atom. The molecule has 2 rings (SSSR count). The fourth-order valence-corrected chi connectivity index (χ4v) is 3.89. The molecule has 0 aromatic carbocycles. The second-order valence-electron chi connectivity index (χ2n) is 7.42. The first-order chi connectivity index (χ1) is 12.1. The lowest BCUT2D eigenvalue weighted by atomic mass is 9.90. The number of ether oxygens (including phenoxy) is 2. The second-order valence-corrected chi connectivity index (χ2v) is 7.42. The van der Waals surface area contributed by atoms with E-state index < -0.39 is 12.1 Å². The third-order valence-electron chi connectivity index (χ3n) is 5.38. The van der Waals surface area contributed by atoms with Gasteiger partial charge < -0.3 is 19.7 Å². The lowest BCUT2D eigenvalue weighted by Gasteiger charge is -2.27. The zero-order chi connectivity index (χ0) is 18.1. The Kier molecular flexibility index (Phi) is 8.93. The van der Waals surface area contributed by atoms with Crippen LogP contribution >= 0.6 is 0 Å². The molecule has 144 valence electrons. The Balaban J connectivity index is 1.92. The van der Waals surface area contributed by atoms with Crippen molar-refractivity contribution in [2.24, 2.45) is 11.8 Å². The first-order valence-corrected chi connectivity index (χ1v) is 9.95. The van der Waals surface area contributed by atoms with Gasteiger partial charge in [0.2, 0.25) is 0 Å². The highest BCUT2D eigenvalue weighted by Crippen LogP contribution is 2.35. The first kappa shape index (κ1) is 20.4. The van der Waals surface area contributed by atoms with E-state index in [9.17, 15) is 9.90 Å². The maximum Gasteiger partial charge on any atom is 0.303 e. The average Bonchev–Trinajstić information content (AvgIpc) is 2.93. The number of hydrogen-bond acceptors (Lipinski definition) is 4. The van der Waals surface area contributed by atoms with Crippen LogP contribution in [0.15, 0.2) is 12.2 Å². The molecule has 0 spiro atoms. The lowest BCUT2D eigenvalue weighted by molar-refractivity contribution is -0.179. The van der Waals surface area contributed by atoms with Crippen LogP contribution < -0.4 is 0 Å². The van der Waals surface area contributed by atoms with Gasteiger partial charge in [-0.15, -0.1) is 0 Å². The fourth-order valence-electron chi connectivity index (χ4n) is 3.89. The SMILES string of the molecule is CCCCCC(/C=C/C1CCC(O)C1CC(=O)O)OC1CCCCO1. The molecule has 1 aliphatic carbocycles. The Morgan fingerprint density at radius 1 is 1.28 bits per heavy atom. The van der Waals surface area contributed by atoms with Crippen LogP contribution in [0.5, 0.6) is 0 Å². The van der Waals surface area contributed by atoms with Crippen molar-refractivity contribution in [2.45, 2.75) is 89.6 Å².